The van der Waals surface area contributed by atoms with Crippen LogP contribution in [0.3, 0.4) is 0 Å². The molecule has 6 heteroatoms. The molecule has 80 valence electrons. The van der Waals surface area contributed by atoms with Crippen LogP contribution in [-0.2, 0) is 0 Å². The maximum Gasteiger partial charge on any atom is 0.231 e. The highest BCUT2D eigenvalue weighted by molar-refractivity contribution is 9.10. The van der Waals surface area contributed by atoms with Gasteiger partial charge in [0, 0.05) is 0 Å². The third-order valence-electron chi connectivity index (χ3n) is 2.34. The van der Waals surface area contributed by atoms with Crippen LogP contribution >= 0.6 is 15.9 Å². The summed E-state index contributed by atoms with van der Waals surface area (Å²) in [7, 11) is 0. The number of nitrogen functional groups attached to an aromatic ring is 1. The number of aromatic nitrogens is 4. The van der Waals surface area contributed by atoms with Crippen LogP contribution < -0.4 is 5.73 Å². The number of aromatic amines is 1. The van der Waals surface area contributed by atoms with E-state index in [0.29, 0.717) is 11.8 Å². The van der Waals surface area contributed by atoms with Gasteiger partial charge in [0.15, 0.2) is 0 Å². The smallest absolute Gasteiger partial charge is 0.231 e. The number of benzene rings is 1. The average molecular weight is 278 g/mol. The van der Waals surface area contributed by atoms with Crippen molar-refractivity contribution < 1.29 is 0 Å². The second-order valence-electron chi connectivity index (χ2n) is 3.37. The lowest BCUT2D eigenvalue weighted by atomic mass is 10.3. The molecule has 16 heavy (non-hydrogen) atoms. The molecule has 0 saturated heterocycles. The molecule has 0 aliphatic heterocycles. The first-order chi connectivity index (χ1) is 7.75. The van der Waals surface area contributed by atoms with Crippen molar-refractivity contribution in [2.45, 2.75) is 0 Å². The van der Waals surface area contributed by atoms with Gasteiger partial charge in [-0.2, -0.15) is 9.78 Å². The van der Waals surface area contributed by atoms with E-state index in [0.717, 1.165) is 15.5 Å². The van der Waals surface area contributed by atoms with Crippen LogP contribution in [0.25, 0.3) is 17.0 Å². The molecule has 0 amide bonds. The molecule has 0 fully saturated rings. The molecule has 2 aromatic heterocycles. The fourth-order valence-corrected chi connectivity index (χ4v) is 1.81. The summed E-state index contributed by atoms with van der Waals surface area (Å²) in [5.41, 5.74) is 7.70. The number of fused-ring (bicyclic) bond motifs is 1. The first-order valence-corrected chi connectivity index (χ1v) is 5.49. The number of nitrogens with two attached hydrogens (primary N) is 1. The molecule has 0 bridgehead atoms. The lowest BCUT2D eigenvalue weighted by Crippen LogP contribution is -2.03. The molecule has 0 radical (unpaired) electrons. The Morgan fingerprint density at radius 2 is 2.12 bits per heavy atom. The molecule has 0 atom stereocenters. The van der Waals surface area contributed by atoms with Crippen LogP contribution in [0.15, 0.2) is 34.9 Å². The lowest BCUT2D eigenvalue weighted by Gasteiger charge is -1.97. The number of H-pyrrole nitrogens is 1. The monoisotopic (exact) mass is 277 g/mol. The number of hydrogen-bond donors (Lipinski definition) is 2. The van der Waals surface area contributed by atoms with E-state index in [-0.39, 0.29) is 0 Å². The van der Waals surface area contributed by atoms with Crippen LogP contribution in [0.4, 0.5) is 5.82 Å². The first-order valence-electron chi connectivity index (χ1n) is 4.70. The van der Waals surface area contributed by atoms with Crippen molar-refractivity contribution >= 4 is 32.8 Å². The second kappa shape index (κ2) is 3.34. The van der Waals surface area contributed by atoms with E-state index >= 15 is 0 Å². The number of halogens is 1. The van der Waals surface area contributed by atoms with Crippen molar-refractivity contribution in [1.82, 2.24) is 19.7 Å². The fourth-order valence-electron chi connectivity index (χ4n) is 1.55. The van der Waals surface area contributed by atoms with Gasteiger partial charge in [0.1, 0.15) is 5.82 Å². The molecule has 0 saturated carbocycles. The van der Waals surface area contributed by atoms with E-state index in [9.17, 15) is 0 Å². The predicted octanol–water partition coefficient (Wildman–Crippen LogP) is 2.09. The minimum atomic E-state index is 0.527. The van der Waals surface area contributed by atoms with Gasteiger partial charge in [0.25, 0.3) is 0 Å². The van der Waals surface area contributed by atoms with Crippen LogP contribution in [0.2, 0.25) is 0 Å². The molecule has 0 aliphatic rings. The standard InChI is InChI=1S/C10H8BrN5/c11-6-5-13-16(9(6)12)10-14-7-3-1-2-4-8(7)15-10/h1-5H,12H2,(H,14,15). The summed E-state index contributed by atoms with van der Waals surface area (Å²) in [5, 5.41) is 4.13. The fraction of sp³-hybridized carbons (Fsp3) is 0. The summed E-state index contributed by atoms with van der Waals surface area (Å²) in [5.74, 6) is 1.14. The summed E-state index contributed by atoms with van der Waals surface area (Å²) >= 11 is 3.31. The van der Waals surface area contributed by atoms with E-state index in [1.165, 1.54) is 0 Å². The van der Waals surface area contributed by atoms with Gasteiger partial charge in [-0.15, -0.1) is 0 Å². The van der Waals surface area contributed by atoms with E-state index in [2.05, 4.69) is 31.0 Å². The highest BCUT2D eigenvalue weighted by Crippen LogP contribution is 2.21. The van der Waals surface area contributed by atoms with Gasteiger partial charge in [0.05, 0.1) is 21.7 Å². The highest BCUT2D eigenvalue weighted by Gasteiger charge is 2.10. The number of nitrogens with zero attached hydrogens (tertiary/aromatic N) is 3. The Hall–Kier alpha value is -1.82. The third kappa shape index (κ3) is 1.30. The zero-order valence-electron chi connectivity index (χ0n) is 8.18. The van der Waals surface area contributed by atoms with Crippen molar-refractivity contribution in [3.8, 4) is 5.95 Å². The van der Waals surface area contributed by atoms with Gasteiger partial charge >= 0.3 is 0 Å². The Balaban J connectivity index is 2.23. The van der Waals surface area contributed by atoms with E-state index < -0.39 is 0 Å². The largest absolute Gasteiger partial charge is 0.383 e. The quantitative estimate of drug-likeness (QED) is 0.716. The van der Waals surface area contributed by atoms with Gasteiger partial charge < -0.3 is 10.7 Å². The molecular formula is C10H8BrN5. The second-order valence-corrected chi connectivity index (χ2v) is 4.22. The van der Waals surface area contributed by atoms with E-state index in [4.69, 9.17) is 5.73 Å². The van der Waals surface area contributed by atoms with E-state index in [1.807, 2.05) is 24.3 Å². The molecule has 3 rings (SSSR count). The van der Waals surface area contributed by atoms with Crippen molar-refractivity contribution in [3.05, 3.63) is 34.9 Å². The van der Waals surface area contributed by atoms with Crippen molar-refractivity contribution in [2.24, 2.45) is 0 Å². The van der Waals surface area contributed by atoms with Crippen molar-refractivity contribution in [3.63, 3.8) is 0 Å². The Morgan fingerprint density at radius 1 is 1.31 bits per heavy atom. The average Bonchev–Trinajstić information content (AvgIpc) is 2.84. The Kier molecular flexibility index (Phi) is 1.97. The van der Waals surface area contributed by atoms with Crippen molar-refractivity contribution in [2.75, 3.05) is 5.73 Å². The number of nitrogens with one attached hydrogen (secondary N) is 1. The molecule has 0 unspecified atom stereocenters. The number of imidazole rings is 1. The Labute approximate surface area is 99.4 Å². The van der Waals surface area contributed by atoms with Gasteiger partial charge in [0.2, 0.25) is 5.95 Å². The summed E-state index contributed by atoms with van der Waals surface area (Å²) < 4.78 is 2.32. The Bertz CT molecular complexity index is 621. The summed E-state index contributed by atoms with van der Waals surface area (Å²) in [6, 6.07) is 7.78. The van der Waals surface area contributed by atoms with Gasteiger partial charge in [-0.25, -0.2) is 4.98 Å². The van der Waals surface area contributed by atoms with Gasteiger partial charge in [-0.3, -0.25) is 0 Å². The first kappa shape index (κ1) is 9.41. The maximum atomic E-state index is 5.85. The minimum absolute atomic E-state index is 0.527. The maximum absolute atomic E-state index is 5.85. The van der Waals surface area contributed by atoms with Gasteiger partial charge in [-0.05, 0) is 28.1 Å². The summed E-state index contributed by atoms with van der Waals surface area (Å²) in [6.07, 6.45) is 1.64. The SMILES string of the molecule is Nc1c(Br)cnn1-c1nc2ccccc2[nH]1. The number of hydrogen-bond acceptors (Lipinski definition) is 3. The molecule has 0 aliphatic carbocycles. The zero-order valence-corrected chi connectivity index (χ0v) is 9.77. The zero-order chi connectivity index (χ0) is 11.1. The normalized spacial score (nSPS) is 11.1. The topological polar surface area (TPSA) is 72.5 Å². The third-order valence-corrected chi connectivity index (χ3v) is 2.95. The molecule has 3 N–H and O–H groups in total. The van der Waals surface area contributed by atoms with E-state index in [1.54, 1.807) is 10.9 Å². The number of anilines is 1. The molecular weight excluding hydrogens is 270 g/mol. The minimum Gasteiger partial charge on any atom is -0.383 e. The highest BCUT2D eigenvalue weighted by atomic mass is 79.9. The molecule has 1 aromatic carbocycles. The lowest BCUT2D eigenvalue weighted by molar-refractivity contribution is 0.839. The predicted molar refractivity (Wildman–Crippen MR) is 65.3 cm³/mol. The molecule has 2 heterocycles. The van der Waals surface area contributed by atoms with Crippen LogP contribution in [0, 0.1) is 0 Å². The van der Waals surface area contributed by atoms with Crippen molar-refractivity contribution in [1.29, 1.82) is 0 Å². The molecule has 3 aromatic rings. The molecule has 0 spiro atoms. The Morgan fingerprint density at radius 3 is 2.81 bits per heavy atom. The van der Waals surface area contributed by atoms with Crippen LogP contribution in [0.5, 0.6) is 0 Å². The van der Waals surface area contributed by atoms with Crippen LogP contribution in [-0.4, -0.2) is 19.7 Å². The van der Waals surface area contributed by atoms with Crippen LogP contribution in [0.1, 0.15) is 0 Å². The van der Waals surface area contributed by atoms with Gasteiger partial charge in [-0.1, -0.05) is 12.1 Å². The number of para-hydroxylation sites is 2. The summed E-state index contributed by atoms with van der Waals surface area (Å²) in [4.78, 5) is 7.56. The summed E-state index contributed by atoms with van der Waals surface area (Å²) in [6.45, 7) is 0. The molecule has 5 nitrogen and oxygen atoms in total. The number of rotatable bonds is 1.